The van der Waals surface area contributed by atoms with Crippen LogP contribution in [0.5, 0.6) is 0 Å². The van der Waals surface area contributed by atoms with E-state index in [1.807, 2.05) is 32.9 Å². The van der Waals surface area contributed by atoms with Gasteiger partial charge in [0.05, 0.1) is 19.0 Å². The second kappa shape index (κ2) is 30.3. The highest BCUT2D eigenvalue weighted by Gasteiger charge is 2.41. The lowest BCUT2D eigenvalue weighted by atomic mass is 9.93. The Morgan fingerprint density at radius 2 is 1.31 bits per heavy atom. The number of benzene rings is 2. The number of nitrogens with zero attached hydrogens (tertiary/aromatic N) is 2. The van der Waals surface area contributed by atoms with Crippen LogP contribution in [0.15, 0.2) is 47.5 Å². The molecule has 4 rings (SSSR count). The lowest BCUT2D eigenvalue weighted by Gasteiger charge is -2.31. The van der Waals surface area contributed by atoms with E-state index in [9.17, 15) is 52.7 Å². The van der Waals surface area contributed by atoms with Gasteiger partial charge in [-0.3, -0.25) is 57.7 Å². The van der Waals surface area contributed by atoms with Gasteiger partial charge in [0, 0.05) is 43.9 Å². The zero-order chi connectivity index (χ0) is 56.9. The van der Waals surface area contributed by atoms with Gasteiger partial charge in [-0.2, -0.15) is 0 Å². The fourth-order valence-corrected chi connectivity index (χ4v) is 10.9. The van der Waals surface area contributed by atoms with E-state index >= 15 is 0 Å². The molecule has 2 fully saturated rings. The van der Waals surface area contributed by atoms with Gasteiger partial charge in [0.15, 0.2) is 5.96 Å². The van der Waals surface area contributed by atoms with Crippen LogP contribution >= 0.6 is 21.6 Å². The Kier molecular flexibility index (Phi) is 24.4. The molecular formula is C49H71N15O11S2. The number of carbonyl (C=O) groups excluding carboxylic acids is 11. The van der Waals surface area contributed by atoms with Crippen molar-refractivity contribution in [3.05, 3.63) is 70.3 Å². The quantitative estimate of drug-likeness (QED) is 0.0275. The van der Waals surface area contributed by atoms with Gasteiger partial charge in [0.2, 0.25) is 65.0 Å². The first-order valence-electron chi connectivity index (χ1n) is 24.8. The van der Waals surface area contributed by atoms with Crippen molar-refractivity contribution in [1.29, 1.82) is 0 Å². The molecule has 0 saturated carbocycles. The van der Waals surface area contributed by atoms with Gasteiger partial charge in [0.25, 0.3) is 0 Å². The summed E-state index contributed by atoms with van der Waals surface area (Å²) in [7, 11) is 2.05. The van der Waals surface area contributed by atoms with Crippen molar-refractivity contribution in [3.63, 3.8) is 0 Å². The number of primary amides is 3. The molecule has 28 heteroatoms. The van der Waals surface area contributed by atoms with Crippen LogP contribution in [-0.2, 0) is 65.6 Å². The smallest absolute Gasteiger partial charge is 0.246 e. The average Bonchev–Trinajstić information content (AvgIpc) is 3.86. The minimum Gasteiger partial charge on any atom is -0.370 e. The molecule has 0 bridgehead atoms. The predicted molar refractivity (Wildman–Crippen MR) is 288 cm³/mol. The number of aliphatic imine (C=N–C) groups is 1. The van der Waals surface area contributed by atoms with Crippen molar-refractivity contribution in [2.24, 2.45) is 39.4 Å². The zero-order valence-electron chi connectivity index (χ0n) is 43.2. The van der Waals surface area contributed by atoms with Gasteiger partial charge in [-0.15, -0.1) is 0 Å². The molecule has 0 unspecified atom stereocenters. The van der Waals surface area contributed by atoms with E-state index in [4.69, 9.17) is 34.4 Å². The Balaban J connectivity index is 1.74. The third-order valence-corrected chi connectivity index (χ3v) is 15.0. The number of rotatable bonds is 19. The van der Waals surface area contributed by atoms with E-state index in [2.05, 4.69) is 42.2 Å². The van der Waals surface area contributed by atoms with Crippen LogP contribution in [0.25, 0.3) is 0 Å². The van der Waals surface area contributed by atoms with E-state index in [-0.39, 0.29) is 62.7 Å². The number of aryl methyl sites for hydroxylation is 3. The minimum absolute atomic E-state index is 0.00867. The molecule has 8 atom stereocenters. The SMILES string of the molecule is Cc1cc(C)c(C[C@H]2NC(=O)[C@@H](N)CSSC[C@@H](C(=O)N3CCC[C@H]3C(=O)N[C@H](CCCN=C(N)N)C(=O)NCC(N)=O)NC(=O)[C@H](CC(N)=O)NC(=O)[C@H](CCC(N)=O)NC(=O)[C@H](Cc3ccccc3)NC2=O)c(C)c1. The number of nitrogens with one attached hydrogen (secondary N) is 7. The Morgan fingerprint density at radius 1 is 0.727 bits per heavy atom. The Hall–Kier alpha value is -7.46. The molecule has 0 radical (unpaired) electrons. The monoisotopic (exact) mass is 1110 g/mol. The maximum Gasteiger partial charge on any atom is 0.246 e. The summed E-state index contributed by atoms with van der Waals surface area (Å²) >= 11 is 0. The summed E-state index contributed by atoms with van der Waals surface area (Å²) in [5.41, 5.74) is 37.5. The lowest BCUT2D eigenvalue weighted by Crippen LogP contribution is -2.61. The Labute approximate surface area is 453 Å². The third kappa shape index (κ3) is 20.2. The number of likely N-dealkylation sites (tertiary alicyclic amines) is 1. The molecule has 0 aliphatic carbocycles. The van der Waals surface area contributed by atoms with Crippen molar-refractivity contribution >= 4 is 92.5 Å². The Morgan fingerprint density at radius 3 is 1.94 bits per heavy atom. The van der Waals surface area contributed by atoms with E-state index in [1.165, 1.54) is 4.90 Å². The van der Waals surface area contributed by atoms with Crippen molar-refractivity contribution in [2.75, 3.05) is 31.1 Å². The van der Waals surface area contributed by atoms with Gasteiger partial charge in [-0.25, -0.2) is 0 Å². The molecule has 2 aromatic carbocycles. The van der Waals surface area contributed by atoms with Crippen LogP contribution in [-0.4, -0.2) is 155 Å². The summed E-state index contributed by atoms with van der Waals surface area (Å²) in [6, 6.07) is 1.18. The molecule has 0 aromatic heterocycles. The van der Waals surface area contributed by atoms with Crippen molar-refractivity contribution in [3.8, 4) is 0 Å². The van der Waals surface area contributed by atoms with E-state index in [0.29, 0.717) is 12.0 Å². The first-order chi connectivity index (χ1) is 36.4. The molecule has 77 heavy (non-hydrogen) atoms. The van der Waals surface area contributed by atoms with Crippen LogP contribution in [0.4, 0.5) is 0 Å². The van der Waals surface area contributed by atoms with Gasteiger partial charge < -0.3 is 76.5 Å². The lowest BCUT2D eigenvalue weighted by molar-refractivity contribution is -0.142. The molecule has 2 aromatic rings. The highest BCUT2D eigenvalue weighted by molar-refractivity contribution is 8.76. The molecular weight excluding hydrogens is 1040 g/mol. The summed E-state index contributed by atoms with van der Waals surface area (Å²) in [5, 5.41) is 18.1. The van der Waals surface area contributed by atoms with Crippen LogP contribution in [0.3, 0.4) is 0 Å². The summed E-state index contributed by atoms with van der Waals surface area (Å²) in [6.07, 6.45) is -1.15. The highest BCUT2D eigenvalue weighted by atomic mass is 33.1. The summed E-state index contributed by atoms with van der Waals surface area (Å²) in [4.78, 5) is 154. The van der Waals surface area contributed by atoms with Crippen molar-refractivity contribution < 1.29 is 52.7 Å². The number of hydrogen-bond acceptors (Lipinski definition) is 15. The molecule has 11 amide bonds. The average molecular weight is 1110 g/mol. The maximum atomic E-state index is 14.7. The molecule has 420 valence electrons. The summed E-state index contributed by atoms with van der Waals surface area (Å²) < 4.78 is 0. The first kappa shape index (κ1) is 62.1. The number of amides is 11. The highest BCUT2D eigenvalue weighted by Crippen LogP contribution is 2.26. The van der Waals surface area contributed by atoms with Gasteiger partial charge in [-0.05, 0) is 75.1 Å². The van der Waals surface area contributed by atoms with E-state index in [1.54, 1.807) is 30.3 Å². The number of hydrogen-bond donors (Lipinski definition) is 13. The van der Waals surface area contributed by atoms with Gasteiger partial charge >= 0.3 is 0 Å². The fraction of sp³-hybridized carbons (Fsp3) is 0.510. The largest absolute Gasteiger partial charge is 0.370 e. The second-order valence-electron chi connectivity index (χ2n) is 18.8. The molecule has 2 saturated heterocycles. The molecule has 2 aliphatic rings. The minimum atomic E-state index is -1.78. The number of guanidine groups is 1. The molecule has 0 spiro atoms. The maximum absolute atomic E-state index is 14.7. The third-order valence-electron chi connectivity index (χ3n) is 12.5. The van der Waals surface area contributed by atoms with Crippen LogP contribution in [0.2, 0.25) is 0 Å². The van der Waals surface area contributed by atoms with Crippen LogP contribution in [0, 0.1) is 20.8 Å². The van der Waals surface area contributed by atoms with Crippen molar-refractivity contribution in [1.82, 2.24) is 42.1 Å². The predicted octanol–water partition coefficient (Wildman–Crippen LogP) is -4.18. The molecule has 19 N–H and O–H groups in total. The van der Waals surface area contributed by atoms with Crippen molar-refractivity contribution in [2.45, 2.75) is 127 Å². The molecule has 2 heterocycles. The van der Waals surface area contributed by atoms with Gasteiger partial charge in [-0.1, -0.05) is 69.6 Å². The topological polar surface area (TPSA) is 444 Å². The zero-order valence-corrected chi connectivity index (χ0v) is 44.9. The van der Waals surface area contributed by atoms with E-state index in [0.717, 1.165) is 43.8 Å². The van der Waals surface area contributed by atoms with Crippen LogP contribution in [0.1, 0.15) is 72.8 Å². The molecule has 26 nitrogen and oxygen atoms in total. The van der Waals surface area contributed by atoms with Gasteiger partial charge in [0.1, 0.15) is 42.3 Å². The number of carbonyl (C=O) groups is 11. The standard InChI is InChI=1S/C49H71N15O11S2/c1-25-17-26(2)29(27(3)18-25)20-34-45(72)61-33(19-28-9-5-4-6-10-28)44(71)58-32(13-14-38(51)65)43(70)62-35(21-39(52)66)46(73)63-36(24-77-76-23-30(50)41(68)60-34)48(75)64-16-8-12-37(64)47(74)59-31(11-7-15-56-49(54)55)42(69)57-22-40(53)67/h4-6,9-10,17-18,30-37H,7-8,11-16,19-24,50H2,1-3H3,(H2,51,65)(H2,52,66)(H2,53,67)(H,57,69)(H,58,71)(H,59,74)(H,60,68)(H,61,72)(H,62,70)(H,63,73)(H4,54,55,56)/t30-,31+,32-,33-,34+,35-,36-,37-/m0/s1. The summed E-state index contributed by atoms with van der Waals surface area (Å²) in [6.45, 7) is 5.23. The fourth-order valence-electron chi connectivity index (χ4n) is 8.67. The normalized spacial score (nSPS) is 22.4. The first-order valence-corrected chi connectivity index (χ1v) is 27.3. The Bertz CT molecular complexity index is 2510. The second-order valence-corrected chi connectivity index (χ2v) is 21.4. The van der Waals surface area contributed by atoms with E-state index < -0.39 is 139 Å². The summed E-state index contributed by atoms with van der Waals surface area (Å²) in [5.74, 6) is -10.1. The number of nitrogens with two attached hydrogens (primary N) is 6. The molecule has 2 aliphatic heterocycles. The van der Waals surface area contributed by atoms with Crippen LogP contribution < -0.4 is 71.6 Å².